The molecule has 228 valence electrons. The minimum Gasteiger partial charge on any atom is -0.492 e. The van der Waals surface area contributed by atoms with Crippen molar-refractivity contribution in [1.82, 2.24) is 4.90 Å². The van der Waals surface area contributed by atoms with Crippen LogP contribution in [0.1, 0.15) is 42.4 Å². The van der Waals surface area contributed by atoms with E-state index in [0.29, 0.717) is 18.7 Å². The number of benzene rings is 4. The molecule has 9 heteroatoms. The second-order valence-electron chi connectivity index (χ2n) is 11.5. The van der Waals surface area contributed by atoms with Crippen molar-refractivity contribution in [2.75, 3.05) is 19.8 Å². The van der Waals surface area contributed by atoms with Crippen molar-refractivity contribution in [1.29, 1.82) is 0 Å². The lowest BCUT2D eigenvalue weighted by Gasteiger charge is -2.41. The molecule has 6 rings (SSSR count). The number of nitrogens with zero attached hydrogens (tertiary/aromatic N) is 1. The highest BCUT2D eigenvalue weighted by Crippen LogP contribution is 3.02. The first-order chi connectivity index (χ1) is 20.4. The van der Waals surface area contributed by atoms with Gasteiger partial charge in [-0.15, -0.1) is 0 Å². The number of halogens is 5. The van der Waals surface area contributed by atoms with Gasteiger partial charge in [0.2, 0.25) is 0 Å². The van der Waals surface area contributed by atoms with E-state index in [4.69, 9.17) is 9.47 Å². The molecule has 4 aromatic carbocycles. The first kappa shape index (κ1) is 29.7. The van der Waals surface area contributed by atoms with Gasteiger partial charge in [0.05, 0.1) is 6.61 Å². The van der Waals surface area contributed by atoms with Gasteiger partial charge in [-0.1, -0.05) is 116 Å². The highest BCUT2D eigenvalue weighted by Gasteiger charge is 2.65. The Labute approximate surface area is 249 Å². The Kier molecular flexibility index (Phi) is 7.14. The maximum atomic E-state index is 13.4. The molecule has 2 aliphatic rings. The zero-order valence-corrected chi connectivity index (χ0v) is 24.4. The smallest absolute Gasteiger partial charge is 0.310 e. The molecular weight excluding hydrogens is 581 g/mol. The Morgan fingerprint density at radius 2 is 1.28 bits per heavy atom. The summed E-state index contributed by atoms with van der Waals surface area (Å²) in [5, 5.41) is 0. The van der Waals surface area contributed by atoms with Crippen molar-refractivity contribution >= 4 is 10.2 Å². The third-order valence-corrected chi connectivity index (χ3v) is 9.97. The van der Waals surface area contributed by atoms with Crippen LogP contribution < -0.4 is 4.74 Å². The van der Waals surface area contributed by atoms with E-state index in [1.165, 1.54) is 6.07 Å². The third-order valence-electron chi connectivity index (χ3n) is 8.83. The molecule has 4 aromatic rings. The Morgan fingerprint density at radius 1 is 0.721 bits per heavy atom. The van der Waals surface area contributed by atoms with E-state index in [2.05, 4.69) is 41.3 Å². The number of ether oxygens (including phenoxy) is 2. The molecule has 2 fully saturated rings. The molecule has 0 saturated carbocycles. The first-order valence-corrected chi connectivity index (χ1v) is 16.4. The molecule has 0 aromatic heterocycles. The van der Waals surface area contributed by atoms with Gasteiger partial charge in [0.15, 0.2) is 0 Å². The largest absolute Gasteiger partial charge is 0.492 e. The van der Waals surface area contributed by atoms with Gasteiger partial charge < -0.3 is 9.47 Å². The minimum atomic E-state index is -9.80. The standard InChI is InChI=1S/C34H34F5NO2S/c35-43(36,37,38,39)32-19-10-18-31(24-32)41-25-30-20-22-33(21-11-23-40(30)33)26-42-34(27-12-4-1-5-13-27,28-14-6-2-7-15-28)29-16-8-3-9-17-29/h1-10,12-19,24,30H,11,20-23,25-26H2/t30-,33-/m0/s1. The fraction of sp³-hybridized carbons (Fsp3) is 0.294. The fourth-order valence-corrected chi connectivity index (χ4v) is 7.47. The van der Waals surface area contributed by atoms with E-state index in [9.17, 15) is 19.4 Å². The number of fused-ring (bicyclic) bond motifs is 1. The average Bonchev–Trinajstić information content (AvgIpc) is 3.57. The van der Waals surface area contributed by atoms with E-state index in [0.717, 1.165) is 55.0 Å². The summed E-state index contributed by atoms with van der Waals surface area (Å²) in [7, 11) is -9.80. The van der Waals surface area contributed by atoms with Crippen molar-refractivity contribution in [3.8, 4) is 5.75 Å². The lowest BCUT2D eigenvalue weighted by atomic mass is 9.79. The second kappa shape index (κ2) is 10.4. The van der Waals surface area contributed by atoms with Crippen molar-refractivity contribution in [2.24, 2.45) is 0 Å². The minimum absolute atomic E-state index is 0.0747. The summed E-state index contributed by atoms with van der Waals surface area (Å²) in [4.78, 5) is 0.416. The van der Waals surface area contributed by atoms with E-state index in [1.807, 2.05) is 54.6 Å². The molecule has 2 atom stereocenters. The van der Waals surface area contributed by atoms with Crippen molar-refractivity contribution < 1.29 is 28.9 Å². The zero-order valence-electron chi connectivity index (χ0n) is 23.6. The number of hydrogen-bond acceptors (Lipinski definition) is 3. The van der Waals surface area contributed by atoms with Crippen LogP contribution in [0.25, 0.3) is 0 Å². The lowest BCUT2D eigenvalue weighted by Crippen LogP contribution is -2.49. The van der Waals surface area contributed by atoms with Gasteiger partial charge in [-0.3, -0.25) is 4.90 Å². The molecule has 2 heterocycles. The first-order valence-electron chi connectivity index (χ1n) is 14.4. The lowest BCUT2D eigenvalue weighted by molar-refractivity contribution is -0.0486. The van der Waals surface area contributed by atoms with Crippen LogP contribution in [0.2, 0.25) is 0 Å². The second-order valence-corrected chi connectivity index (χ2v) is 13.9. The molecule has 0 aliphatic carbocycles. The molecule has 0 N–H and O–H groups in total. The molecule has 3 nitrogen and oxygen atoms in total. The summed E-state index contributed by atoms with van der Waals surface area (Å²) in [6.07, 6.45) is 3.47. The van der Waals surface area contributed by atoms with Crippen LogP contribution in [0.4, 0.5) is 19.4 Å². The molecule has 0 radical (unpaired) electrons. The van der Waals surface area contributed by atoms with Crippen LogP contribution in [0.5, 0.6) is 5.75 Å². The van der Waals surface area contributed by atoms with Crippen molar-refractivity contribution in [3.63, 3.8) is 0 Å². The van der Waals surface area contributed by atoms with Crippen molar-refractivity contribution in [3.05, 3.63) is 132 Å². The molecule has 43 heavy (non-hydrogen) atoms. The fourth-order valence-electron chi connectivity index (χ4n) is 6.80. The monoisotopic (exact) mass is 615 g/mol. The van der Waals surface area contributed by atoms with Gasteiger partial charge in [-0.25, -0.2) is 0 Å². The van der Waals surface area contributed by atoms with E-state index in [1.54, 1.807) is 0 Å². The molecule has 2 aliphatic heterocycles. The Morgan fingerprint density at radius 3 is 1.81 bits per heavy atom. The SMILES string of the molecule is FS(F)(F)(F)(F)c1cccc(OC[C@@H]2CC[C@]3(COC(c4ccccc4)(c4ccccc4)c4ccccc4)CCCN23)c1. The van der Waals surface area contributed by atoms with Gasteiger partial charge >= 0.3 is 10.2 Å². The molecular formula is C34H34F5NO2S. The predicted molar refractivity (Wildman–Crippen MR) is 160 cm³/mol. The highest BCUT2D eigenvalue weighted by atomic mass is 32.5. The Bertz CT molecular complexity index is 1460. The number of rotatable bonds is 10. The molecule has 0 spiro atoms. The van der Waals surface area contributed by atoms with E-state index < -0.39 is 20.7 Å². The van der Waals surface area contributed by atoms with Gasteiger partial charge in [-0.2, -0.15) is 0 Å². The summed E-state index contributed by atoms with van der Waals surface area (Å²) in [6, 6.07) is 33.4. The van der Waals surface area contributed by atoms with Gasteiger partial charge in [-0.05, 0) is 61.1 Å². The highest BCUT2D eigenvalue weighted by molar-refractivity contribution is 8.45. The third kappa shape index (κ3) is 5.90. The number of hydrogen-bond donors (Lipinski definition) is 0. The Balaban J connectivity index is 1.27. The molecule has 0 bridgehead atoms. The van der Waals surface area contributed by atoms with Crippen LogP contribution in [0.3, 0.4) is 0 Å². The summed E-state index contributed by atoms with van der Waals surface area (Å²) in [6.45, 7) is 1.34. The topological polar surface area (TPSA) is 21.7 Å². The van der Waals surface area contributed by atoms with E-state index >= 15 is 0 Å². The van der Waals surface area contributed by atoms with Crippen molar-refractivity contribution in [2.45, 2.75) is 47.8 Å². The maximum Gasteiger partial charge on any atom is 0.310 e. The zero-order chi connectivity index (χ0) is 30.2. The molecule has 0 unspecified atom stereocenters. The van der Waals surface area contributed by atoms with E-state index in [-0.39, 0.29) is 23.9 Å². The summed E-state index contributed by atoms with van der Waals surface area (Å²) in [5.41, 5.74) is 1.89. The summed E-state index contributed by atoms with van der Waals surface area (Å²) >= 11 is 0. The summed E-state index contributed by atoms with van der Waals surface area (Å²) < 4.78 is 79.7. The van der Waals surface area contributed by atoms with Crippen LogP contribution in [-0.4, -0.2) is 36.2 Å². The Hall–Kier alpha value is -3.40. The van der Waals surface area contributed by atoms with Crippen LogP contribution in [0.15, 0.2) is 120 Å². The summed E-state index contributed by atoms with van der Waals surface area (Å²) in [5.74, 6) is -0.213. The quantitative estimate of drug-likeness (QED) is 0.131. The maximum absolute atomic E-state index is 13.4. The normalized spacial score (nSPS) is 22.5. The van der Waals surface area contributed by atoms with Crippen LogP contribution in [0, 0.1) is 0 Å². The molecule has 2 saturated heterocycles. The van der Waals surface area contributed by atoms with Crippen LogP contribution in [-0.2, 0) is 10.3 Å². The average molecular weight is 616 g/mol. The van der Waals surface area contributed by atoms with Gasteiger partial charge in [0, 0.05) is 17.6 Å². The molecule has 0 amide bonds. The predicted octanol–water partition coefficient (Wildman–Crippen LogP) is 9.73. The van der Waals surface area contributed by atoms with Crippen LogP contribution >= 0.6 is 10.2 Å². The van der Waals surface area contributed by atoms with Gasteiger partial charge in [0.1, 0.15) is 22.9 Å². The van der Waals surface area contributed by atoms with Gasteiger partial charge in [0.25, 0.3) is 0 Å².